The molecule has 0 bridgehead atoms. The van der Waals surface area contributed by atoms with Crippen LogP contribution in [0.15, 0.2) is 0 Å². The molecule has 68 valence electrons. The van der Waals surface area contributed by atoms with Gasteiger partial charge in [0.25, 0.3) is 0 Å². The van der Waals surface area contributed by atoms with Gasteiger partial charge in [-0.15, -0.1) is 0 Å². The third-order valence-electron chi connectivity index (χ3n) is 2.01. The molecule has 0 rings (SSSR count). The first-order chi connectivity index (χ1) is 4.95. The molecule has 0 amide bonds. The van der Waals surface area contributed by atoms with Crippen molar-refractivity contribution in [3.63, 3.8) is 0 Å². The van der Waals surface area contributed by atoms with Crippen molar-refractivity contribution < 1.29 is 0 Å². The second-order valence-electron chi connectivity index (χ2n) is 4.72. The average molecular weight is 174 g/mol. The van der Waals surface area contributed by atoms with Gasteiger partial charge in [0.15, 0.2) is 0 Å². The minimum absolute atomic E-state index is 0.505. The fourth-order valence-corrected chi connectivity index (χ4v) is 1.48. The van der Waals surface area contributed by atoms with E-state index < -0.39 is 0 Å². The maximum atomic E-state index is 4.23. The first kappa shape index (κ1) is 11.4. The van der Waals surface area contributed by atoms with Crippen LogP contribution < -0.4 is 0 Å². The summed E-state index contributed by atoms with van der Waals surface area (Å²) in [6.07, 6.45) is 3.95. The molecule has 0 N–H and O–H groups in total. The molecule has 0 spiro atoms. The molecule has 0 aromatic carbocycles. The van der Waals surface area contributed by atoms with Crippen molar-refractivity contribution in [1.82, 2.24) is 0 Å². The normalized spacial score (nSPS) is 15.0. The fourth-order valence-electron chi connectivity index (χ4n) is 1.04. The van der Waals surface area contributed by atoms with E-state index in [9.17, 15) is 0 Å². The van der Waals surface area contributed by atoms with Crippen molar-refractivity contribution in [2.45, 2.75) is 47.0 Å². The molecule has 0 aliphatic heterocycles. The Morgan fingerprint density at radius 3 is 2.09 bits per heavy atom. The van der Waals surface area contributed by atoms with Crippen LogP contribution >= 0.6 is 12.6 Å². The summed E-state index contributed by atoms with van der Waals surface area (Å²) in [5, 5.41) is 0. The maximum Gasteiger partial charge on any atom is -0.00954 e. The quantitative estimate of drug-likeness (QED) is 0.616. The molecule has 0 aliphatic rings. The Kier molecular flexibility index (Phi) is 5.24. The summed E-state index contributed by atoms with van der Waals surface area (Å²) >= 11 is 4.23. The SMILES string of the molecule is CC(CCS)CCC(C)(C)C. The van der Waals surface area contributed by atoms with Crippen LogP contribution in [0.4, 0.5) is 0 Å². The maximum absolute atomic E-state index is 4.23. The molecule has 1 heteroatoms. The van der Waals surface area contributed by atoms with Gasteiger partial charge in [0, 0.05) is 0 Å². The van der Waals surface area contributed by atoms with Gasteiger partial charge in [-0.3, -0.25) is 0 Å². The smallest absolute Gasteiger partial charge is 0.00954 e. The molecule has 0 aromatic heterocycles. The molecule has 0 aliphatic carbocycles. The van der Waals surface area contributed by atoms with E-state index in [0.717, 1.165) is 11.7 Å². The van der Waals surface area contributed by atoms with Crippen molar-refractivity contribution in [3.8, 4) is 0 Å². The van der Waals surface area contributed by atoms with Crippen molar-refractivity contribution >= 4 is 12.6 Å². The summed E-state index contributed by atoms with van der Waals surface area (Å²) in [4.78, 5) is 0. The van der Waals surface area contributed by atoms with E-state index in [0.29, 0.717) is 5.41 Å². The number of hydrogen-bond acceptors (Lipinski definition) is 1. The van der Waals surface area contributed by atoms with Gasteiger partial charge in [-0.2, -0.15) is 12.6 Å². The lowest BCUT2D eigenvalue weighted by Gasteiger charge is -2.20. The summed E-state index contributed by atoms with van der Waals surface area (Å²) < 4.78 is 0. The van der Waals surface area contributed by atoms with E-state index in [4.69, 9.17) is 0 Å². The van der Waals surface area contributed by atoms with Gasteiger partial charge < -0.3 is 0 Å². The molecule has 0 heterocycles. The Morgan fingerprint density at radius 2 is 1.73 bits per heavy atom. The van der Waals surface area contributed by atoms with Crippen LogP contribution in [0.1, 0.15) is 47.0 Å². The predicted octanol–water partition coefficient (Wildman–Crippen LogP) is 3.77. The van der Waals surface area contributed by atoms with Crippen LogP contribution in [0.2, 0.25) is 0 Å². The van der Waals surface area contributed by atoms with Crippen LogP contribution in [0.3, 0.4) is 0 Å². The van der Waals surface area contributed by atoms with Crippen molar-refractivity contribution in [2.75, 3.05) is 5.75 Å². The highest BCUT2D eigenvalue weighted by Crippen LogP contribution is 2.24. The third kappa shape index (κ3) is 8.25. The lowest BCUT2D eigenvalue weighted by molar-refractivity contribution is 0.328. The standard InChI is InChI=1S/C10H22S/c1-9(6-8-11)5-7-10(2,3)4/h9,11H,5-8H2,1-4H3. The van der Waals surface area contributed by atoms with Crippen molar-refractivity contribution in [1.29, 1.82) is 0 Å². The zero-order chi connectivity index (χ0) is 8.91. The molecule has 1 unspecified atom stereocenters. The van der Waals surface area contributed by atoms with E-state index in [1.807, 2.05) is 0 Å². The first-order valence-electron chi connectivity index (χ1n) is 4.56. The fraction of sp³-hybridized carbons (Fsp3) is 1.00. The molecule has 0 fully saturated rings. The molecular formula is C10H22S. The second kappa shape index (κ2) is 5.08. The van der Waals surface area contributed by atoms with Crippen LogP contribution in [0.25, 0.3) is 0 Å². The highest BCUT2D eigenvalue weighted by molar-refractivity contribution is 7.80. The Balaban J connectivity index is 3.38. The van der Waals surface area contributed by atoms with Crippen LogP contribution in [-0.4, -0.2) is 5.75 Å². The van der Waals surface area contributed by atoms with E-state index in [-0.39, 0.29) is 0 Å². The number of hydrogen-bond donors (Lipinski definition) is 1. The molecule has 0 radical (unpaired) electrons. The topological polar surface area (TPSA) is 0 Å². The van der Waals surface area contributed by atoms with Gasteiger partial charge in [-0.05, 0) is 29.9 Å². The lowest BCUT2D eigenvalue weighted by Crippen LogP contribution is -2.07. The van der Waals surface area contributed by atoms with E-state index in [1.165, 1.54) is 19.3 Å². The van der Waals surface area contributed by atoms with Crippen molar-refractivity contribution in [2.24, 2.45) is 11.3 Å². The van der Waals surface area contributed by atoms with Crippen LogP contribution in [-0.2, 0) is 0 Å². The summed E-state index contributed by atoms with van der Waals surface area (Å²) in [6.45, 7) is 9.24. The molecule has 1 atom stereocenters. The van der Waals surface area contributed by atoms with Gasteiger partial charge in [0.05, 0.1) is 0 Å². The Bertz CT molecular complexity index is 91.5. The molecular weight excluding hydrogens is 152 g/mol. The van der Waals surface area contributed by atoms with E-state index in [1.54, 1.807) is 0 Å². The molecule has 0 saturated carbocycles. The average Bonchev–Trinajstić information content (AvgIpc) is 1.83. The van der Waals surface area contributed by atoms with Crippen molar-refractivity contribution in [3.05, 3.63) is 0 Å². The second-order valence-corrected chi connectivity index (χ2v) is 5.16. The zero-order valence-electron chi connectivity index (χ0n) is 8.35. The highest BCUT2D eigenvalue weighted by Gasteiger charge is 2.11. The summed E-state index contributed by atoms with van der Waals surface area (Å²) in [6, 6.07) is 0. The summed E-state index contributed by atoms with van der Waals surface area (Å²) in [5.41, 5.74) is 0.505. The number of thiol groups is 1. The largest absolute Gasteiger partial charge is 0.179 e. The Hall–Kier alpha value is 0.350. The van der Waals surface area contributed by atoms with E-state index in [2.05, 4.69) is 40.3 Å². The summed E-state index contributed by atoms with van der Waals surface area (Å²) in [7, 11) is 0. The zero-order valence-corrected chi connectivity index (χ0v) is 9.25. The third-order valence-corrected chi connectivity index (χ3v) is 2.27. The van der Waals surface area contributed by atoms with Gasteiger partial charge in [-0.25, -0.2) is 0 Å². The molecule has 0 saturated heterocycles. The molecule has 0 nitrogen and oxygen atoms in total. The number of rotatable bonds is 4. The minimum atomic E-state index is 0.505. The predicted molar refractivity (Wildman–Crippen MR) is 56.3 cm³/mol. The van der Waals surface area contributed by atoms with Gasteiger partial charge in [-0.1, -0.05) is 34.1 Å². The van der Waals surface area contributed by atoms with E-state index >= 15 is 0 Å². The van der Waals surface area contributed by atoms with Crippen LogP contribution in [0.5, 0.6) is 0 Å². The van der Waals surface area contributed by atoms with Gasteiger partial charge in [0.1, 0.15) is 0 Å². The Morgan fingerprint density at radius 1 is 1.18 bits per heavy atom. The molecule has 0 aromatic rings. The van der Waals surface area contributed by atoms with Crippen LogP contribution in [0, 0.1) is 11.3 Å². The molecule has 11 heavy (non-hydrogen) atoms. The minimum Gasteiger partial charge on any atom is -0.179 e. The van der Waals surface area contributed by atoms with Gasteiger partial charge in [0.2, 0.25) is 0 Å². The lowest BCUT2D eigenvalue weighted by atomic mass is 9.86. The highest BCUT2D eigenvalue weighted by atomic mass is 32.1. The monoisotopic (exact) mass is 174 g/mol. The summed E-state index contributed by atoms with van der Waals surface area (Å²) in [5.74, 6) is 1.89. The first-order valence-corrected chi connectivity index (χ1v) is 5.20. The van der Waals surface area contributed by atoms with Gasteiger partial charge >= 0.3 is 0 Å². The Labute approximate surface area is 77.2 Å².